The molecule has 0 spiro atoms. The zero-order valence-electron chi connectivity index (χ0n) is 14.7. The van der Waals surface area contributed by atoms with Crippen molar-refractivity contribution >= 4 is 23.5 Å². The highest BCUT2D eigenvalue weighted by atomic mass is 16.5. The second kappa shape index (κ2) is 8.03. The first-order valence-electron chi connectivity index (χ1n) is 7.75. The first-order chi connectivity index (χ1) is 13.5. The van der Waals surface area contributed by atoms with Gasteiger partial charge in [0.1, 0.15) is 5.69 Å². The van der Waals surface area contributed by atoms with E-state index in [1.54, 1.807) is 0 Å². The average Bonchev–Trinajstić information content (AvgIpc) is 3.23. The van der Waals surface area contributed by atoms with Crippen LogP contribution in [0.15, 0.2) is 41.3 Å². The number of hydrogen-bond acceptors (Lipinski definition) is 10. The van der Waals surface area contributed by atoms with E-state index in [0.717, 1.165) is 0 Å². The van der Waals surface area contributed by atoms with E-state index >= 15 is 0 Å². The minimum absolute atomic E-state index is 0.0130. The third kappa shape index (κ3) is 3.82. The summed E-state index contributed by atoms with van der Waals surface area (Å²) in [6, 6.07) is 3.97. The lowest BCUT2D eigenvalue weighted by Crippen LogP contribution is -2.17. The number of carbonyl (C=O) groups excluding carboxylic acids is 3. The van der Waals surface area contributed by atoms with Crippen LogP contribution in [0.3, 0.4) is 0 Å². The van der Waals surface area contributed by atoms with Crippen LogP contribution in [0.1, 0.15) is 31.4 Å². The fourth-order valence-corrected chi connectivity index (χ4v) is 2.19. The Bertz CT molecular complexity index is 1030. The number of aromatic nitrogens is 4. The summed E-state index contributed by atoms with van der Waals surface area (Å²) in [5.41, 5.74) is 0.473. The highest BCUT2D eigenvalue weighted by Crippen LogP contribution is 2.21. The molecule has 0 saturated carbocycles. The Balaban J connectivity index is 1.89. The smallest absolute Gasteiger partial charge is 0.339 e. The molecular formula is C17H13N5O6. The molecule has 0 fully saturated rings. The number of ether oxygens (including phenoxy) is 2. The third-order valence-corrected chi connectivity index (χ3v) is 3.51. The van der Waals surface area contributed by atoms with Crippen LogP contribution in [0, 0.1) is 0 Å². The molecule has 1 amide bonds. The lowest BCUT2D eigenvalue weighted by molar-refractivity contribution is 0.0587. The van der Waals surface area contributed by atoms with Crippen LogP contribution in [-0.2, 0) is 9.47 Å². The summed E-state index contributed by atoms with van der Waals surface area (Å²) >= 11 is 0. The van der Waals surface area contributed by atoms with Gasteiger partial charge in [0, 0.05) is 12.4 Å². The standard InChI is InChI=1S/C17H13N5O6/c1-26-16(24)9-3-4-10(17(25)27-2)11(7-9)20-14(23)15-21-13(22-28-15)12-8-18-5-6-19-12/h3-8H,1-2H3,(H,20,23). The normalized spacial score (nSPS) is 10.2. The third-order valence-electron chi connectivity index (χ3n) is 3.51. The van der Waals surface area contributed by atoms with Gasteiger partial charge < -0.3 is 19.3 Å². The fraction of sp³-hybridized carbons (Fsp3) is 0.118. The summed E-state index contributed by atoms with van der Waals surface area (Å²) in [6.07, 6.45) is 4.31. The Hall–Kier alpha value is -4.15. The molecule has 2 heterocycles. The molecule has 11 nitrogen and oxygen atoms in total. The first-order valence-corrected chi connectivity index (χ1v) is 7.75. The molecule has 0 aliphatic carbocycles. The van der Waals surface area contributed by atoms with Gasteiger partial charge in [-0.2, -0.15) is 4.98 Å². The SMILES string of the molecule is COC(=O)c1ccc(C(=O)OC)c(NC(=O)c2nc(-c3cnccn3)no2)c1. The Labute approximate surface area is 157 Å². The molecule has 28 heavy (non-hydrogen) atoms. The molecule has 0 unspecified atom stereocenters. The van der Waals surface area contributed by atoms with Crippen molar-refractivity contribution in [3.63, 3.8) is 0 Å². The van der Waals surface area contributed by atoms with Crippen molar-refractivity contribution in [3.05, 3.63) is 53.8 Å². The van der Waals surface area contributed by atoms with Crippen molar-refractivity contribution in [2.45, 2.75) is 0 Å². The molecule has 0 radical (unpaired) electrons. The quantitative estimate of drug-likeness (QED) is 0.640. The molecule has 11 heteroatoms. The summed E-state index contributed by atoms with van der Waals surface area (Å²) in [6.45, 7) is 0. The average molecular weight is 383 g/mol. The van der Waals surface area contributed by atoms with Gasteiger partial charge in [-0.1, -0.05) is 5.16 Å². The number of rotatable bonds is 5. The second-order valence-corrected chi connectivity index (χ2v) is 5.21. The Morgan fingerprint density at radius 2 is 1.86 bits per heavy atom. The number of anilines is 1. The maximum atomic E-state index is 12.5. The van der Waals surface area contributed by atoms with Crippen LogP contribution in [0.25, 0.3) is 11.5 Å². The van der Waals surface area contributed by atoms with E-state index < -0.39 is 17.8 Å². The molecule has 0 bridgehead atoms. The van der Waals surface area contributed by atoms with Gasteiger partial charge in [0.25, 0.3) is 0 Å². The number of carbonyl (C=O) groups is 3. The lowest BCUT2D eigenvalue weighted by Gasteiger charge is -2.10. The van der Waals surface area contributed by atoms with Crippen LogP contribution in [0.4, 0.5) is 5.69 Å². The monoisotopic (exact) mass is 383 g/mol. The Morgan fingerprint density at radius 1 is 1.07 bits per heavy atom. The molecular weight excluding hydrogens is 370 g/mol. The van der Waals surface area contributed by atoms with Crippen molar-refractivity contribution in [2.24, 2.45) is 0 Å². The van der Waals surface area contributed by atoms with E-state index in [2.05, 4.69) is 34.9 Å². The van der Waals surface area contributed by atoms with E-state index in [-0.39, 0.29) is 28.5 Å². The molecule has 1 aromatic carbocycles. The summed E-state index contributed by atoms with van der Waals surface area (Å²) in [7, 11) is 2.40. The minimum atomic E-state index is -0.796. The van der Waals surface area contributed by atoms with E-state index in [9.17, 15) is 14.4 Å². The Kier molecular flexibility index (Phi) is 5.35. The van der Waals surface area contributed by atoms with Crippen LogP contribution < -0.4 is 5.32 Å². The van der Waals surface area contributed by atoms with Gasteiger partial charge in [-0.25, -0.2) is 14.6 Å². The van der Waals surface area contributed by atoms with Crippen molar-refractivity contribution in [3.8, 4) is 11.5 Å². The predicted molar refractivity (Wildman–Crippen MR) is 92.4 cm³/mol. The van der Waals surface area contributed by atoms with Crippen molar-refractivity contribution < 1.29 is 28.4 Å². The van der Waals surface area contributed by atoms with Gasteiger partial charge in [0.2, 0.25) is 5.82 Å². The lowest BCUT2D eigenvalue weighted by atomic mass is 10.1. The van der Waals surface area contributed by atoms with Crippen molar-refractivity contribution in [2.75, 3.05) is 19.5 Å². The minimum Gasteiger partial charge on any atom is -0.465 e. The number of amides is 1. The van der Waals surface area contributed by atoms with Crippen molar-refractivity contribution in [1.82, 2.24) is 20.1 Å². The second-order valence-electron chi connectivity index (χ2n) is 5.21. The molecule has 142 valence electrons. The Morgan fingerprint density at radius 3 is 2.54 bits per heavy atom. The summed E-state index contributed by atoms with van der Waals surface area (Å²) in [5.74, 6) is -2.46. The van der Waals surface area contributed by atoms with E-state index in [1.165, 1.54) is 51.0 Å². The van der Waals surface area contributed by atoms with Gasteiger partial charge in [-0.15, -0.1) is 0 Å². The number of nitrogens with zero attached hydrogens (tertiary/aromatic N) is 4. The van der Waals surface area contributed by atoms with Crippen molar-refractivity contribution in [1.29, 1.82) is 0 Å². The van der Waals surface area contributed by atoms with Gasteiger partial charge in [-0.3, -0.25) is 9.78 Å². The van der Waals surface area contributed by atoms with Crippen LogP contribution in [0.5, 0.6) is 0 Å². The number of hydrogen-bond donors (Lipinski definition) is 1. The maximum absolute atomic E-state index is 12.5. The number of esters is 2. The fourth-order valence-electron chi connectivity index (χ4n) is 2.19. The molecule has 0 atom stereocenters. The molecule has 0 saturated heterocycles. The molecule has 1 N–H and O–H groups in total. The highest BCUT2D eigenvalue weighted by Gasteiger charge is 2.21. The highest BCUT2D eigenvalue weighted by molar-refractivity contribution is 6.07. The van der Waals surface area contributed by atoms with E-state index in [1.807, 2.05) is 0 Å². The van der Waals surface area contributed by atoms with Crippen LogP contribution >= 0.6 is 0 Å². The summed E-state index contributed by atoms with van der Waals surface area (Å²) in [5, 5.41) is 6.11. The van der Waals surface area contributed by atoms with E-state index in [4.69, 9.17) is 4.52 Å². The van der Waals surface area contributed by atoms with Gasteiger partial charge in [0.15, 0.2) is 0 Å². The molecule has 0 aliphatic heterocycles. The topological polar surface area (TPSA) is 146 Å². The van der Waals surface area contributed by atoms with Crippen LogP contribution in [0.2, 0.25) is 0 Å². The zero-order valence-corrected chi connectivity index (χ0v) is 14.7. The predicted octanol–water partition coefficient (Wildman–Crippen LogP) is 1.35. The van der Waals surface area contributed by atoms with Gasteiger partial charge in [0.05, 0.1) is 37.2 Å². The molecule has 2 aromatic heterocycles. The molecule has 3 aromatic rings. The number of nitrogens with one attached hydrogen (secondary N) is 1. The largest absolute Gasteiger partial charge is 0.465 e. The summed E-state index contributed by atoms with van der Waals surface area (Å²) < 4.78 is 14.2. The first kappa shape index (κ1) is 18.6. The molecule has 3 rings (SSSR count). The maximum Gasteiger partial charge on any atom is 0.339 e. The number of benzene rings is 1. The number of methoxy groups -OCH3 is 2. The van der Waals surface area contributed by atoms with Crippen LogP contribution in [-0.4, -0.2) is 52.2 Å². The van der Waals surface area contributed by atoms with Gasteiger partial charge in [-0.05, 0) is 18.2 Å². The van der Waals surface area contributed by atoms with E-state index in [0.29, 0.717) is 5.69 Å². The summed E-state index contributed by atoms with van der Waals surface area (Å²) in [4.78, 5) is 47.9. The molecule has 0 aliphatic rings. The zero-order chi connectivity index (χ0) is 20.1. The van der Waals surface area contributed by atoms with Gasteiger partial charge >= 0.3 is 23.7 Å².